The number of allylic oxidation sites excluding steroid dienone is 1. The highest BCUT2D eigenvalue weighted by Crippen LogP contribution is 2.30. The van der Waals surface area contributed by atoms with Crippen LogP contribution in [0.15, 0.2) is 11.8 Å². The highest BCUT2D eigenvalue weighted by Gasteiger charge is 2.21. The van der Waals surface area contributed by atoms with Crippen LogP contribution in [0, 0.1) is 10.8 Å². The summed E-state index contributed by atoms with van der Waals surface area (Å²) in [6, 6.07) is 0.373. The monoisotopic (exact) mass is 240 g/mol. The zero-order valence-corrected chi connectivity index (χ0v) is 13.1. The van der Waals surface area contributed by atoms with E-state index in [4.69, 9.17) is 5.84 Å². The Labute approximate surface area is 108 Å². The third kappa shape index (κ3) is 6.11. The summed E-state index contributed by atoms with van der Waals surface area (Å²) in [6.45, 7) is 17.9. The lowest BCUT2D eigenvalue weighted by molar-refractivity contribution is 0.214. The van der Waals surface area contributed by atoms with E-state index in [9.17, 15) is 0 Å². The van der Waals surface area contributed by atoms with Gasteiger partial charge >= 0.3 is 0 Å². The SMILES string of the molecule is CCC(C)(C)/C(C)=C/N(N)C(C)CC(C)(C)C. The number of hydrazine groups is 1. The van der Waals surface area contributed by atoms with Crippen molar-refractivity contribution in [3.8, 4) is 0 Å². The van der Waals surface area contributed by atoms with Gasteiger partial charge in [-0.3, -0.25) is 0 Å². The molecule has 0 fully saturated rings. The molecule has 0 rings (SSSR count). The van der Waals surface area contributed by atoms with Crippen LogP contribution in [0.2, 0.25) is 0 Å². The maximum Gasteiger partial charge on any atom is 0.0422 e. The van der Waals surface area contributed by atoms with E-state index in [0.717, 1.165) is 12.8 Å². The van der Waals surface area contributed by atoms with Crippen molar-refractivity contribution in [3.05, 3.63) is 11.8 Å². The van der Waals surface area contributed by atoms with Gasteiger partial charge in [-0.1, -0.05) is 47.1 Å². The average molecular weight is 240 g/mol. The number of hydrogen-bond donors (Lipinski definition) is 1. The Morgan fingerprint density at radius 2 is 1.71 bits per heavy atom. The van der Waals surface area contributed by atoms with Crippen molar-refractivity contribution >= 4 is 0 Å². The summed E-state index contributed by atoms with van der Waals surface area (Å²) < 4.78 is 0. The lowest BCUT2D eigenvalue weighted by Gasteiger charge is -2.32. The maximum absolute atomic E-state index is 6.13. The van der Waals surface area contributed by atoms with Gasteiger partial charge in [0.1, 0.15) is 0 Å². The van der Waals surface area contributed by atoms with Crippen molar-refractivity contribution in [1.29, 1.82) is 0 Å². The van der Waals surface area contributed by atoms with Gasteiger partial charge in [0, 0.05) is 12.2 Å². The van der Waals surface area contributed by atoms with Gasteiger partial charge in [-0.15, -0.1) is 0 Å². The minimum absolute atomic E-state index is 0.235. The molecule has 0 radical (unpaired) electrons. The minimum atomic E-state index is 0.235. The minimum Gasteiger partial charge on any atom is -0.316 e. The van der Waals surface area contributed by atoms with Crippen molar-refractivity contribution in [3.63, 3.8) is 0 Å². The molecule has 102 valence electrons. The van der Waals surface area contributed by atoms with E-state index in [1.807, 2.05) is 5.01 Å². The van der Waals surface area contributed by atoms with Crippen molar-refractivity contribution in [2.24, 2.45) is 16.7 Å². The quantitative estimate of drug-likeness (QED) is 0.572. The lowest BCUT2D eigenvalue weighted by Crippen LogP contribution is -2.37. The zero-order chi connectivity index (χ0) is 13.9. The fraction of sp³-hybridized carbons (Fsp3) is 0.867. The van der Waals surface area contributed by atoms with E-state index in [0.29, 0.717) is 11.5 Å². The summed E-state index contributed by atoms with van der Waals surface area (Å²) >= 11 is 0. The predicted octanol–water partition coefficient (Wildman–Crippen LogP) is 4.33. The maximum atomic E-state index is 6.13. The summed E-state index contributed by atoms with van der Waals surface area (Å²) in [5.74, 6) is 6.13. The largest absolute Gasteiger partial charge is 0.316 e. The number of rotatable bonds is 5. The molecule has 17 heavy (non-hydrogen) atoms. The topological polar surface area (TPSA) is 29.3 Å². The van der Waals surface area contributed by atoms with Crippen LogP contribution in [0.5, 0.6) is 0 Å². The molecule has 2 N–H and O–H groups in total. The van der Waals surface area contributed by atoms with Crippen LogP contribution in [0.4, 0.5) is 0 Å². The molecule has 0 aromatic rings. The molecule has 0 aliphatic rings. The van der Waals surface area contributed by atoms with Gasteiger partial charge in [0.2, 0.25) is 0 Å². The highest BCUT2D eigenvalue weighted by molar-refractivity contribution is 5.08. The lowest BCUT2D eigenvalue weighted by atomic mass is 9.83. The Hall–Kier alpha value is -0.500. The third-order valence-electron chi connectivity index (χ3n) is 3.71. The first-order valence-electron chi connectivity index (χ1n) is 6.71. The third-order valence-corrected chi connectivity index (χ3v) is 3.71. The van der Waals surface area contributed by atoms with Gasteiger partial charge < -0.3 is 5.01 Å². The summed E-state index contributed by atoms with van der Waals surface area (Å²) in [6.07, 6.45) is 4.34. The van der Waals surface area contributed by atoms with Gasteiger partial charge in [-0.2, -0.15) is 0 Å². The Morgan fingerprint density at radius 1 is 1.24 bits per heavy atom. The van der Waals surface area contributed by atoms with Gasteiger partial charge in [0.25, 0.3) is 0 Å². The Kier molecular flexibility index (Phi) is 5.73. The molecule has 0 saturated heterocycles. The summed E-state index contributed by atoms with van der Waals surface area (Å²) in [5.41, 5.74) is 1.90. The Balaban J connectivity index is 4.63. The smallest absolute Gasteiger partial charge is 0.0422 e. The van der Waals surface area contributed by atoms with Crippen molar-refractivity contribution in [1.82, 2.24) is 5.01 Å². The van der Waals surface area contributed by atoms with Crippen molar-refractivity contribution < 1.29 is 0 Å². The first kappa shape index (κ1) is 16.5. The normalized spacial score (nSPS) is 15.9. The van der Waals surface area contributed by atoms with E-state index in [1.165, 1.54) is 5.57 Å². The fourth-order valence-electron chi connectivity index (χ4n) is 1.80. The van der Waals surface area contributed by atoms with Crippen LogP contribution in [-0.2, 0) is 0 Å². The van der Waals surface area contributed by atoms with E-state index in [1.54, 1.807) is 0 Å². The van der Waals surface area contributed by atoms with E-state index in [-0.39, 0.29) is 5.41 Å². The molecule has 2 nitrogen and oxygen atoms in total. The van der Waals surface area contributed by atoms with Crippen molar-refractivity contribution in [2.45, 2.75) is 74.3 Å². The van der Waals surface area contributed by atoms with Gasteiger partial charge in [0.15, 0.2) is 0 Å². The van der Waals surface area contributed by atoms with Gasteiger partial charge in [-0.05, 0) is 37.5 Å². The highest BCUT2D eigenvalue weighted by atomic mass is 15.4. The Morgan fingerprint density at radius 3 is 2.06 bits per heavy atom. The van der Waals surface area contributed by atoms with E-state index < -0.39 is 0 Å². The summed E-state index contributed by atoms with van der Waals surface area (Å²) in [4.78, 5) is 0. The molecule has 0 aliphatic heterocycles. The molecule has 0 aromatic carbocycles. The molecule has 2 heteroatoms. The molecule has 0 bridgehead atoms. The molecular weight excluding hydrogens is 208 g/mol. The fourth-order valence-corrected chi connectivity index (χ4v) is 1.80. The average Bonchev–Trinajstić information content (AvgIpc) is 2.14. The molecule has 0 aromatic heterocycles. The summed E-state index contributed by atoms with van der Waals surface area (Å²) in [7, 11) is 0. The number of nitrogens with two attached hydrogens (primary N) is 1. The van der Waals surface area contributed by atoms with Crippen LogP contribution >= 0.6 is 0 Å². The second kappa shape index (κ2) is 5.90. The van der Waals surface area contributed by atoms with Crippen molar-refractivity contribution in [2.75, 3.05) is 0 Å². The zero-order valence-electron chi connectivity index (χ0n) is 13.1. The van der Waals surface area contributed by atoms with Crippen LogP contribution in [0.25, 0.3) is 0 Å². The molecule has 0 amide bonds. The molecule has 1 unspecified atom stereocenters. The van der Waals surface area contributed by atoms with E-state index >= 15 is 0 Å². The molecule has 0 spiro atoms. The number of nitrogens with zero attached hydrogens (tertiary/aromatic N) is 1. The van der Waals surface area contributed by atoms with Gasteiger partial charge in [0.05, 0.1) is 0 Å². The van der Waals surface area contributed by atoms with E-state index in [2.05, 4.69) is 61.6 Å². The predicted molar refractivity (Wildman–Crippen MR) is 77.4 cm³/mol. The second-order valence-corrected chi connectivity index (χ2v) is 7.11. The molecule has 1 atom stereocenters. The molecular formula is C15H32N2. The molecule has 0 aliphatic carbocycles. The second-order valence-electron chi connectivity index (χ2n) is 7.11. The van der Waals surface area contributed by atoms with Crippen LogP contribution in [-0.4, -0.2) is 11.1 Å². The molecule has 0 saturated carbocycles. The van der Waals surface area contributed by atoms with Crippen LogP contribution < -0.4 is 5.84 Å². The first-order chi connectivity index (χ1) is 7.49. The number of hydrogen-bond acceptors (Lipinski definition) is 2. The van der Waals surface area contributed by atoms with Crippen LogP contribution in [0.3, 0.4) is 0 Å². The Bertz CT molecular complexity index is 259. The summed E-state index contributed by atoms with van der Waals surface area (Å²) in [5, 5.41) is 1.87. The molecule has 0 heterocycles. The van der Waals surface area contributed by atoms with Gasteiger partial charge in [-0.25, -0.2) is 5.84 Å². The van der Waals surface area contributed by atoms with Crippen LogP contribution in [0.1, 0.15) is 68.2 Å². The standard InChI is InChI=1S/C15H32N2/c1-9-15(7,8)12(2)11-17(16)13(3)10-14(4,5)6/h11,13H,9-10,16H2,1-8H3/b12-11+. The first-order valence-corrected chi connectivity index (χ1v) is 6.71.